The number of rotatable bonds is 5. The maximum Gasteiger partial charge on any atom is 0.339 e. The lowest BCUT2D eigenvalue weighted by Crippen LogP contribution is -2.39. The van der Waals surface area contributed by atoms with Gasteiger partial charge in [0.2, 0.25) is 5.88 Å². The van der Waals surface area contributed by atoms with E-state index in [1.54, 1.807) is 12.1 Å². The van der Waals surface area contributed by atoms with E-state index in [0.717, 1.165) is 0 Å². The zero-order valence-corrected chi connectivity index (χ0v) is 12.5. The lowest BCUT2D eigenvalue weighted by atomic mass is 10.2. The Labute approximate surface area is 131 Å². The van der Waals surface area contributed by atoms with Gasteiger partial charge in [-0.3, -0.25) is 14.3 Å². The molecule has 0 spiro atoms. The summed E-state index contributed by atoms with van der Waals surface area (Å²) in [5, 5.41) is 0. The molecule has 1 aliphatic heterocycles. The number of methoxy groups -OCH3 is 1. The fourth-order valence-corrected chi connectivity index (χ4v) is 1.98. The van der Waals surface area contributed by atoms with Gasteiger partial charge in [-0.15, -0.1) is 0 Å². The number of hydrogen-bond acceptors (Lipinski definition) is 7. The Morgan fingerprint density at radius 1 is 1.39 bits per heavy atom. The molecule has 0 unspecified atom stereocenters. The molecule has 2 aromatic heterocycles. The number of pyridine rings is 1. The number of carbonyl (C=O) groups is 1. The second-order valence-corrected chi connectivity index (χ2v) is 5.00. The molecule has 8 heteroatoms. The van der Waals surface area contributed by atoms with Crippen molar-refractivity contribution in [3.63, 3.8) is 0 Å². The third kappa shape index (κ3) is 3.54. The molecule has 0 atom stereocenters. The van der Waals surface area contributed by atoms with E-state index >= 15 is 0 Å². The molecule has 120 valence electrons. The fourth-order valence-electron chi connectivity index (χ4n) is 1.98. The van der Waals surface area contributed by atoms with E-state index < -0.39 is 5.97 Å². The van der Waals surface area contributed by atoms with Gasteiger partial charge in [0.25, 0.3) is 5.56 Å². The van der Waals surface area contributed by atoms with Gasteiger partial charge in [-0.1, -0.05) is 0 Å². The van der Waals surface area contributed by atoms with Crippen molar-refractivity contribution in [2.75, 3.05) is 20.3 Å². The minimum absolute atomic E-state index is 0.0368. The molecule has 1 aliphatic rings. The monoisotopic (exact) mass is 317 g/mol. The average Bonchev–Trinajstić information content (AvgIpc) is 2.53. The quantitative estimate of drug-likeness (QED) is 0.730. The molecular formula is C15H15N3O5. The summed E-state index contributed by atoms with van der Waals surface area (Å²) >= 11 is 0. The van der Waals surface area contributed by atoms with E-state index in [1.807, 2.05) is 0 Å². The third-order valence-electron chi connectivity index (χ3n) is 3.33. The van der Waals surface area contributed by atoms with Gasteiger partial charge in [0, 0.05) is 6.20 Å². The number of aromatic nitrogens is 3. The topological polar surface area (TPSA) is 92.5 Å². The zero-order valence-electron chi connectivity index (χ0n) is 12.5. The van der Waals surface area contributed by atoms with Crippen molar-refractivity contribution >= 4 is 5.97 Å². The van der Waals surface area contributed by atoms with Crippen molar-refractivity contribution in [2.24, 2.45) is 0 Å². The van der Waals surface area contributed by atoms with Crippen molar-refractivity contribution in [2.45, 2.75) is 12.6 Å². The lowest BCUT2D eigenvalue weighted by Gasteiger charge is -2.25. The van der Waals surface area contributed by atoms with E-state index in [9.17, 15) is 9.59 Å². The number of esters is 1. The molecule has 0 saturated carbocycles. The molecule has 1 saturated heterocycles. The summed E-state index contributed by atoms with van der Waals surface area (Å²) in [7, 11) is 1.31. The molecular weight excluding hydrogens is 302 g/mol. The molecule has 3 rings (SSSR count). The van der Waals surface area contributed by atoms with Gasteiger partial charge in [-0.25, -0.2) is 9.78 Å². The van der Waals surface area contributed by atoms with E-state index in [4.69, 9.17) is 9.47 Å². The molecule has 2 aromatic rings. The summed E-state index contributed by atoms with van der Waals surface area (Å²) in [6.07, 6.45) is 2.78. The molecule has 0 N–H and O–H groups in total. The molecule has 1 fully saturated rings. The molecule has 0 bridgehead atoms. The maximum absolute atomic E-state index is 12.1. The summed E-state index contributed by atoms with van der Waals surface area (Å²) < 4.78 is 16.5. The van der Waals surface area contributed by atoms with Crippen LogP contribution < -0.4 is 10.3 Å². The van der Waals surface area contributed by atoms with Crippen LogP contribution in [-0.2, 0) is 16.0 Å². The van der Waals surface area contributed by atoms with Gasteiger partial charge >= 0.3 is 5.97 Å². The Kier molecular flexibility index (Phi) is 4.33. The highest BCUT2D eigenvalue weighted by Gasteiger charge is 2.20. The van der Waals surface area contributed by atoms with Gasteiger partial charge in [-0.2, -0.15) is 0 Å². The van der Waals surface area contributed by atoms with Crippen LogP contribution in [0.2, 0.25) is 0 Å². The normalized spacial score (nSPS) is 14.1. The van der Waals surface area contributed by atoms with Crippen LogP contribution in [0.4, 0.5) is 0 Å². The van der Waals surface area contributed by atoms with Crippen LogP contribution in [0.3, 0.4) is 0 Å². The first kappa shape index (κ1) is 15.2. The highest BCUT2D eigenvalue weighted by atomic mass is 16.6. The maximum atomic E-state index is 12.1. The van der Waals surface area contributed by atoms with Crippen molar-refractivity contribution in [3.05, 3.63) is 52.3 Å². The van der Waals surface area contributed by atoms with Crippen LogP contribution >= 0.6 is 0 Å². The van der Waals surface area contributed by atoms with E-state index in [1.165, 1.54) is 30.3 Å². The van der Waals surface area contributed by atoms with E-state index in [0.29, 0.717) is 24.5 Å². The number of nitrogens with zero attached hydrogens (tertiary/aromatic N) is 3. The molecule has 0 amide bonds. The predicted molar refractivity (Wildman–Crippen MR) is 78.4 cm³/mol. The molecule has 8 nitrogen and oxygen atoms in total. The first-order valence-corrected chi connectivity index (χ1v) is 7.00. The minimum Gasteiger partial charge on any atom is -0.469 e. The Balaban J connectivity index is 1.69. The first-order valence-electron chi connectivity index (χ1n) is 7.00. The van der Waals surface area contributed by atoms with Gasteiger partial charge in [-0.05, 0) is 12.1 Å². The second kappa shape index (κ2) is 6.57. The molecule has 23 heavy (non-hydrogen) atoms. The van der Waals surface area contributed by atoms with E-state index in [-0.39, 0.29) is 24.1 Å². The Hall–Kier alpha value is -2.74. The van der Waals surface area contributed by atoms with Crippen molar-refractivity contribution in [1.82, 2.24) is 14.5 Å². The largest absolute Gasteiger partial charge is 0.469 e. The fraction of sp³-hybridized carbons (Fsp3) is 0.333. The van der Waals surface area contributed by atoms with Crippen LogP contribution in [0, 0.1) is 0 Å². The first-order chi connectivity index (χ1) is 11.2. The van der Waals surface area contributed by atoms with Gasteiger partial charge in [0.05, 0.1) is 44.2 Å². The van der Waals surface area contributed by atoms with Gasteiger partial charge < -0.3 is 14.2 Å². The predicted octanol–water partition coefficient (Wildman–Crippen LogP) is 0.251. The highest BCUT2D eigenvalue weighted by Crippen LogP contribution is 2.10. The lowest BCUT2D eigenvalue weighted by molar-refractivity contribution is -0.0814. The second-order valence-electron chi connectivity index (χ2n) is 5.00. The molecule has 3 heterocycles. The number of carbonyl (C=O) groups excluding carboxylic acids is 1. The smallest absolute Gasteiger partial charge is 0.339 e. The van der Waals surface area contributed by atoms with Crippen LogP contribution in [0.5, 0.6) is 5.88 Å². The summed E-state index contributed by atoms with van der Waals surface area (Å²) in [6, 6.07) is 4.59. The van der Waals surface area contributed by atoms with Crippen LogP contribution in [0.1, 0.15) is 16.1 Å². The SMILES string of the molecule is COC(=O)c1ccc(Cn2cnc(OC3COC3)cc2=O)nc1. The van der Waals surface area contributed by atoms with Crippen molar-refractivity contribution in [1.29, 1.82) is 0 Å². The van der Waals surface area contributed by atoms with E-state index in [2.05, 4.69) is 14.7 Å². The Morgan fingerprint density at radius 3 is 2.78 bits per heavy atom. The highest BCUT2D eigenvalue weighted by molar-refractivity contribution is 5.88. The summed E-state index contributed by atoms with van der Waals surface area (Å²) in [6.45, 7) is 1.28. The molecule has 0 aromatic carbocycles. The number of ether oxygens (including phenoxy) is 3. The van der Waals surface area contributed by atoms with Crippen LogP contribution in [0.15, 0.2) is 35.5 Å². The Morgan fingerprint density at radius 2 is 2.22 bits per heavy atom. The summed E-state index contributed by atoms with van der Waals surface area (Å²) in [4.78, 5) is 31.6. The van der Waals surface area contributed by atoms with Gasteiger partial charge in [0.15, 0.2) is 0 Å². The minimum atomic E-state index is -0.454. The summed E-state index contributed by atoms with van der Waals surface area (Å²) in [5.41, 5.74) is 0.741. The average molecular weight is 317 g/mol. The third-order valence-corrected chi connectivity index (χ3v) is 3.33. The van der Waals surface area contributed by atoms with Gasteiger partial charge in [0.1, 0.15) is 12.4 Å². The van der Waals surface area contributed by atoms with Crippen LogP contribution in [0.25, 0.3) is 0 Å². The Bertz CT molecular complexity index is 752. The standard InChI is InChI=1S/C15H15N3O5/c1-21-15(20)10-2-3-11(16-5-10)6-18-9-17-13(4-14(18)19)23-12-7-22-8-12/h2-5,9,12H,6-8H2,1H3. The van der Waals surface area contributed by atoms with Crippen molar-refractivity contribution < 1.29 is 19.0 Å². The molecule has 0 radical (unpaired) electrons. The number of hydrogen-bond donors (Lipinski definition) is 0. The molecule has 0 aliphatic carbocycles. The van der Waals surface area contributed by atoms with Crippen molar-refractivity contribution in [3.8, 4) is 5.88 Å². The van der Waals surface area contributed by atoms with Crippen LogP contribution in [-0.4, -0.2) is 46.9 Å². The summed E-state index contributed by atoms with van der Waals surface area (Å²) in [5.74, 6) is -0.169. The zero-order chi connectivity index (χ0) is 16.2.